The van der Waals surface area contributed by atoms with Crippen molar-refractivity contribution in [1.82, 2.24) is 20.4 Å². The number of piperidine rings is 1. The minimum atomic E-state index is -0.133. The zero-order valence-corrected chi connectivity index (χ0v) is 16.3. The predicted molar refractivity (Wildman–Crippen MR) is 106 cm³/mol. The van der Waals surface area contributed by atoms with E-state index in [0.29, 0.717) is 19.6 Å². The van der Waals surface area contributed by atoms with Gasteiger partial charge in [0.05, 0.1) is 12.0 Å². The number of carbonyl (C=O) groups excluding carboxylic acids is 2. The number of benzene rings is 1. The van der Waals surface area contributed by atoms with Crippen LogP contribution in [0.5, 0.6) is 0 Å². The molecule has 0 bridgehead atoms. The Hall–Kier alpha value is -2.08. The minimum Gasteiger partial charge on any atom is -0.355 e. The monoisotopic (exact) mass is 372 g/mol. The van der Waals surface area contributed by atoms with Crippen LogP contribution in [0, 0.1) is 5.92 Å². The summed E-state index contributed by atoms with van der Waals surface area (Å²) in [5, 5.41) is 5.99. The summed E-state index contributed by atoms with van der Waals surface area (Å²) in [6.45, 7) is 6.88. The second-order valence-electron chi connectivity index (χ2n) is 7.53. The van der Waals surface area contributed by atoms with Gasteiger partial charge in [-0.15, -0.1) is 0 Å². The molecule has 0 saturated carbocycles. The maximum atomic E-state index is 12.7. The van der Waals surface area contributed by atoms with E-state index in [9.17, 15) is 9.59 Å². The average molecular weight is 373 g/mol. The Kier molecular flexibility index (Phi) is 7.10. The van der Waals surface area contributed by atoms with Gasteiger partial charge in [0, 0.05) is 26.2 Å². The summed E-state index contributed by atoms with van der Waals surface area (Å²) < 4.78 is 0. The van der Waals surface area contributed by atoms with E-state index in [1.54, 1.807) is 0 Å². The van der Waals surface area contributed by atoms with Crippen molar-refractivity contribution in [3.63, 3.8) is 0 Å². The van der Waals surface area contributed by atoms with Gasteiger partial charge in [-0.3, -0.25) is 4.79 Å². The van der Waals surface area contributed by atoms with Crippen molar-refractivity contribution in [2.75, 3.05) is 39.3 Å². The molecule has 6 nitrogen and oxygen atoms in total. The SMILES string of the molecule is CCNC(=O)N1CC(C(=O)NCCN2CCCC2)CCC1c1ccccc1. The first-order chi connectivity index (χ1) is 13.2. The summed E-state index contributed by atoms with van der Waals surface area (Å²) in [7, 11) is 0. The van der Waals surface area contributed by atoms with E-state index >= 15 is 0 Å². The highest BCUT2D eigenvalue weighted by Crippen LogP contribution is 2.33. The summed E-state index contributed by atoms with van der Waals surface area (Å²) in [6, 6.07) is 10.1. The molecule has 148 valence electrons. The molecule has 2 unspecified atom stereocenters. The fourth-order valence-electron chi connectivity index (χ4n) is 4.17. The van der Waals surface area contributed by atoms with E-state index in [1.807, 2.05) is 30.0 Å². The van der Waals surface area contributed by atoms with Crippen LogP contribution in [-0.2, 0) is 4.79 Å². The molecule has 0 radical (unpaired) electrons. The van der Waals surface area contributed by atoms with Crippen LogP contribution < -0.4 is 10.6 Å². The lowest BCUT2D eigenvalue weighted by molar-refractivity contribution is -0.126. The van der Waals surface area contributed by atoms with Crippen molar-refractivity contribution in [2.45, 2.75) is 38.6 Å². The number of urea groups is 1. The molecule has 2 fully saturated rings. The van der Waals surface area contributed by atoms with Gasteiger partial charge in [0.1, 0.15) is 0 Å². The van der Waals surface area contributed by atoms with Gasteiger partial charge in [-0.1, -0.05) is 30.3 Å². The van der Waals surface area contributed by atoms with Crippen molar-refractivity contribution in [3.05, 3.63) is 35.9 Å². The van der Waals surface area contributed by atoms with E-state index in [0.717, 1.165) is 38.0 Å². The second-order valence-corrected chi connectivity index (χ2v) is 7.53. The second kappa shape index (κ2) is 9.74. The molecule has 6 heteroatoms. The van der Waals surface area contributed by atoms with Gasteiger partial charge in [0.25, 0.3) is 0 Å². The first kappa shape index (κ1) is 19.7. The molecular weight excluding hydrogens is 340 g/mol. The van der Waals surface area contributed by atoms with Crippen LogP contribution >= 0.6 is 0 Å². The summed E-state index contributed by atoms with van der Waals surface area (Å²) in [5.74, 6) is -0.0545. The smallest absolute Gasteiger partial charge is 0.317 e. The molecule has 0 spiro atoms. The molecule has 3 amide bonds. The predicted octanol–water partition coefficient (Wildman–Crippen LogP) is 2.38. The van der Waals surface area contributed by atoms with Crippen molar-refractivity contribution in [2.24, 2.45) is 5.92 Å². The molecule has 2 atom stereocenters. The van der Waals surface area contributed by atoms with E-state index in [4.69, 9.17) is 0 Å². The highest BCUT2D eigenvalue weighted by atomic mass is 16.2. The zero-order chi connectivity index (χ0) is 19.1. The van der Waals surface area contributed by atoms with Gasteiger partial charge in [-0.25, -0.2) is 4.79 Å². The summed E-state index contributed by atoms with van der Waals surface area (Å²) in [6.07, 6.45) is 4.15. The number of hydrogen-bond acceptors (Lipinski definition) is 3. The average Bonchev–Trinajstić information content (AvgIpc) is 3.22. The molecule has 3 rings (SSSR count). The highest BCUT2D eigenvalue weighted by molar-refractivity contribution is 5.81. The maximum Gasteiger partial charge on any atom is 0.317 e. The van der Waals surface area contributed by atoms with Crippen molar-refractivity contribution in [3.8, 4) is 0 Å². The van der Waals surface area contributed by atoms with Gasteiger partial charge in [-0.2, -0.15) is 0 Å². The molecule has 0 aliphatic carbocycles. The number of rotatable bonds is 6. The largest absolute Gasteiger partial charge is 0.355 e. The maximum absolute atomic E-state index is 12.7. The first-order valence-electron chi connectivity index (χ1n) is 10.3. The van der Waals surface area contributed by atoms with Crippen LogP contribution in [0.25, 0.3) is 0 Å². The van der Waals surface area contributed by atoms with Crippen LogP contribution in [0.4, 0.5) is 4.79 Å². The third-order valence-corrected chi connectivity index (χ3v) is 5.65. The molecule has 2 aliphatic heterocycles. The van der Waals surface area contributed by atoms with E-state index in [1.165, 1.54) is 12.8 Å². The summed E-state index contributed by atoms with van der Waals surface area (Å²) >= 11 is 0. The standard InChI is InChI=1S/C21H32N4O2/c1-2-22-21(27)25-16-18(10-11-19(25)17-8-4-3-5-9-17)20(26)23-12-15-24-13-6-7-14-24/h3-5,8-9,18-19H,2,6-7,10-16H2,1H3,(H,22,27)(H,23,26). The lowest BCUT2D eigenvalue weighted by Gasteiger charge is -2.39. The molecule has 27 heavy (non-hydrogen) atoms. The molecule has 1 aromatic rings. The van der Waals surface area contributed by atoms with Gasteiger partial charge >= 0.3 is 6.03 Å². The Bertz CT molecular complexity index is 616. The Morgan fingerprint density at radius 2 is 1.81 bits per heavy atom. The van der Waals surface area contributed by atoms with Crippen LogP contribution in [0.1, 0.15) is 44.2 Å². The number of hydrogen-bond donors (Lipinski definition) is 2. The normalized spacial score (nSPS) is 23.2. The van der Waals surface area contributed by atoms with Crippen LogP contribution in [-0.4, -0.2) is 61.0 Å². The van der Waals surface area contributed by atoms with Gasteiger partial charge in [0.2, 0.25) is 5.91 Å². The van der Waals surface area contributed by atoms with Crippen LogP contribution in [0.15, 0.2) is 30.3 Å². The molecular formula is C21H32N4O2. The van der Waals surface area contributed by atoms with Gasteiger partial charge in [0.15, 0.2) is 0 Å². The molecule has 2 heterocycles. The quantitative estimate of drug-likeness (QED) is 0.806. The van der Waals surface area contributed by atoms with Crippen LogP contribution in [0.3, 0.4) is 0 Å². The highest BCUT2D eigenvalue weighted by Gasteiger charge is 2.35. The van der Waals surface area contributed by atoms with Crippen molar-refractivity contribution >= 4 is 11.9 Å². The Morgan fingerprint density at radius 3 is 2.52 bits per heavy atom. The number of amides is 3. The number of nitrogens with zero attached hydrogens (tertiary/aromatic N) is 2. The van der Waals surface area contributed by atoms with Crippen molar-refractivity contribution < 1.29 is 9.59 Å². The fourth-order valence-corrected chi connectivity index (χ4v) is 4.17. The number of likely N-dealkylation sites (tertiary alicyclic amines) is 2. The molecule has 2 aliphatic rings. The topological polar surface area (TPSA) is 64.7 Å². The third-order valence-electron chi connectivity index (χ3n) is 5.65. The lowest BCUT2D eigenvalue weighted by atomic mass is 9.88. The molecule has 1 aromatic carbocycles. The molecule has 0 aromatic heterocycles. The van der Waals surface area contributed by atoms with E-state index in [2.05, 4.69) is 27.7 Å². The Labute approximate surface area is 162 Å². The van der Waals surface area contributed by atoms with Gasteiger partial charge < -0.3 is 20.4 Å². The fraction of sp³-hybridized carbons (Fsp3) is 0.619. The Morgan fingerprint density at radius 1 is 1.07 bits per heavy atom. The third kappa shape index (κ3) is 5.22. The lowest BCUT2D eigenvalue weighted by Crippen LogP contribution is -2.50. The van der Waals surface area contributed by atoms with Crippen molar-refractivity contribution in [1.29, 1.82) is 0 Å². The minimum absolute atomic E-state index is 0.0337. The van der Waals surface area contributed by atoms with E-state index < -0.39 is 0 Å². The Balaban J connectivity index is 1.58. The zero-order valence-electron chi connectivity index (χ0n) is 16.3. The molecule has 2 saturated heterocycles. The van der Waals surface area contributed by atoms with Gasteiger partial charge in [-0.05, 0) is 51.3 Å². The summed E-state index contributed by atoms with van der Waals surface area (Å²) in [4.78, 5) is 29.5. The van der Waals surface area contributed by atoms with E-state index in [-0.39, 0.29) is 23.9 Å². The first-order valence-corrected chi connectivity index (χ1v) is 10.3. The van der Waals surface area contributed by atoms with Crippen LogP contribution in [0.2, 0.25) is 0 Å². The number of nitrogens with one attached hydrogen (secondary N) is 2. The molecule has 2 N–H and O–H groups in total. The summed E-state index contributed by atoms with van der Waals surface area (Å²) in [5.41, 5.74) is 1.14. The number of carbonyl (C=O) groups is 2.